The Labute approximate surface area is 119 Å². The number of ether oxygens (including phenoxy) is 2. The molecule has 3 heteroatoms. The largest absolute Gasteiger partial charge is 0.454 e. The van der Waals surface area contributed by atoms with Gasteiger partial charge in [-0.15, -0.1) is 0 Å². The Balaban J connectivity index is 1.84. The second-order valence-electron chi connectivity index (χ2n) is 5.17. The minimum absolute atomic E-state index is 0.314. The summed E-state index contributed by atoms with van der Waals surface area (Å²) in [6.45, 7) is 3.25. The van der Waals surface area contributed by atoms with Crippen LogP contribution in [0.25, 0.3) is 11.1 Å². The Kier molecular flexibility index (Phi) is 3.61. The highest BCUT2D eigenvalue weighted by atomic mass is 16.7. The van der Waals surface area contributed by atoms with Gasteiger partial charge in [0.05, 0.1) is 0 Å². The molecule has 20 heavy (non-hydrogen) atoms. The van der Waals surface area contributed by atoms with E-state index in [0.29, 0.717) is 12.7 Å². The van der Waals surface area contributed by atoms with Crippen LogP contribution in [0.4, 0.5) is 0 Å². The van der Waals surface area contributed by atoms with Crippen molar-refractivity contribution in [2.45, 2.75) is 19.3 Å². The summed E-state index contributed by atoms with van der Waals surface area (Å²) in [5.74, 6) is 2.15. The summed E-state index contributed by atoms with van der Waals surface area (Å²) in [6, 6.07) is 14.7. The first-order valence-corrected chi connectivity index (χ1v) is 6.98. The SMILES string of the molecule is CC(CCN)c1ccc(-c2ccc3c(c2)OCO3)cc1. The van der Waals surface area contributed by atoms with Gasteiger partial charge in [0, 0.05) is 0 Å². The molecule has 0 saturated heterocycles. The van der Waals surface area contributed by atoms with Gasteiger partial charge in [-0.2, -0.15) is 0 Å². The highest BCUT2D eigenvalue weighted by Crippen LogP contribution is 2.36. The average Bonchev–Trinajstić information content (AvgIpc) is 2.95. The normalized spacial score (nSPS) is 14.3. The molecule has 2 N–H and O–H groups in total. The molecule has 3 nitrogen and oxygen atoms in total. The molecule has 104 valence electrons. The standard InChI is InChI=1S/C17H19NO2/c1-12(8-9-18)13-2-4-14(5-3-13)15-6-7-16-17(10-15)20-11-19-16/h2-7,10,12H,8-9,11,18H2,1H3. The Morgan fingerprint density at radius 1 is 1.00 bits per heavy atom. The summed E-state index contributed by atoms with van der Waals surface area (Å²) >= 11 is 0. The second kappa shape index (κ2) is 5.55. The molecule has 2 aromatic carbocycles. The van der Waals surface area contributed by atoms with Crippen molar-refractivity contribution in [1.82, 2.24) is 0 Å². The molecular weight excluding hydrogens is 250 g/mol. The molecule has 0 amide bonds. The van der Waals surface area contributed by atoms with Gasteiger partial charge < -0.3 is 15.2 Å². The lowest BCUT2D eigenvalue weighted by Gasteiger charge is -2.11. The van der Waals surface area contributed by atoms with Crippen LogP contribution in [0.3, 0.4) is 0 Å². The molecule has 0 radical (unpaired) electrons. The molecule has 1 heterocycles. The molecule has 0 bridgehead atoms. The Morgan fingerprint density at radius 3 is 2.45 bits per heavy atom. The van der Waals surface area contributed by atoms with E-state index in [2.05, 4.69) is 37.3 Å². The van der Waals surface area contributed by atoms with Crippen LogP contribution >= 0.6 is 0 Å². The van der Waals surface area contributed by atoms with E-state index >= 15 is 0 Å². The zero-order valence-electron chi connectivity index (χ0n) is 11.6. The van der Waals surface area contributed by atoms with E-state index in [1.165, 1.54) is 11.1 Å². The zero-order valence-corrected chi connectivity index (χ0v) is 11.6. The molecule has 3 rings (SSSR count). The van der Waals surface area contributed by atoms with Crippen molar-refractivity contribution in [3.63, 3.8) is 0 Å². The zero-order chi connectivity index (χ0) is 13.9. The fraction of sp³-hybridized carbons (Fsp3) is 0.294. The molecule has 1 unspecified atom stereocenters. The van der Waals surface area contributed by atoms with Gasteiger partial charge in [-0.3, -0.25) is 0 Å². The van der Waals surface area contributed by atoms with Crippen LogP contribution in [-0.4, -0.2) is 13.3 Å². The number of hydrogen-bond donors (Lipinski definition) is 1. The van der Waals surface area contributed by atoms with E-state index < -0.39 is 0 Å². The van der Waals surface area contributed by atoms with Gasteiger partial charge in [0.25, 0.3) is 0 Å². The van der Waals surface area contributed by atoms with E-state index in [1.807, 2.05) is 12.1 Å². The van der Waals surface area contributed by atoms with E-state index in [4.69, 9.17) is 15.2 Å². The molecule has 1 aliphatic rings. The number of benzene rings is 2. The minimum atomic E-state index is 0.314. The van der Waals surface area contributed by atoms with Gasteiger partial charge in [-0.1, -0.05) is 37.3 Å². The Hall–Kier alpha value is -2.00. The lowest BCUT2D eigenvalue weighted by molar-refractivity contribution is 0.174. The molecule has 0 aliphatic carbocycles. The molecule has 0 spiro atoms. The molecule has 0 aromatic heterocycles. The molecule has 0 fully saturated rings. The maximum Gasteiger partial charge on any atom is 0.231 e. The minimum Gasteiger partial charge on any atom is -0.454 e. The second-order valence-corrected chi connectivity index (χ2v) is 5.17. The molecule has 2 aromatic rings. The van der Waals surface area contributed by atoms with Gasteiger partial charge in [-0.25, -0.2) is 0 Å². The Bertz CT molecular complexity index is 592. The van der Waals surface area contributed by atoms with Crippen molar-refractivity contribution in [3.05, 3.63) is 48.0 Å². The van der Waals surface area contributed by atoms with Crippen molar-refractivity contribution >= 4 is 0 Å². The summed E-state index contributed by atoms with van der Waals surface area (Å²) in [4.78, 5) is 0. The summed E-state index contributed by atoms with van der Waals surface area (Å²) in [7, 11) is 0. The lowest BCUT2D eigenvalue weighted by Crippen LogP contribution is -2.04. The van der Waals surface area contributed by atoms with E-state index in [0.717, 1.165) is 30.0 Å². The van der Waals surface area contributed by atoms with Crippen molar-refractivity contribution in [2.24, 2.45) is 5.73 Å². The van der Waals surface area contributed by atoms with E-state index in [9.17, 15) is 0 Å². The quantitative estimate of drug-likeness (QED) is 0.923. The highest BCUT2D eigenvalue weighted by Gasteiger charge is 2.14. The van der Waals surface area contributed by atoms with Crippen LogP contribution in [-0.2, 0) is 0 Å². The van der Waals surface area contributed by atoms with Gasteiger partial charge in [0.15, 0.2) is 11.5 Å². The van der Waals surface area contributed by atoms with Crippen LogP contribution in [0.2, 0.25) is 0 Å². The van der Waals surface area contributed by atoms with Crippen LogP contribution in [0, 0.1) is 0 Å². The summed E-state index contributed by atoms with van der Waals surface area (Å²) < 4.78 is 10.8. The predicted octanol–water partition coefficient (Wildman–Crippen LogP) is 3.53. The molecular formula is C17H19NO2. The van der Waals surface area contributed by atoms with Crippen LogP contribution in [0.15, 0.2) is 42.5 Å². The number of rotatable bonds is 4. The van der Waals surface area contributed by atoms with Crippen molar-refractivity contribution in [1.29, 1.82) is 0 Å². The third-order valence-corrected chi connectivity index (χ3v) is 3.79. The first kappa shape index (κ1) is 13.0. The summed E-state index contributed by atoms with van der Waals surface area (Å²) in [5.41, 5.74) is 9.28. The third-order valence-electron chi connectivity index (χ3n) is 3.79. The lowest BCUT2D eigenvalue weighted by atomic mass is 9.95. The topological polar surface area (TPSA) is 44.5 Å². The maximum absolute atomic E-state index is 5.61. The first-order chi connectivity index (χ1) is 9.78. The molecule has 1 aliphatic heterocycles. The summed E-state index contributed by atoms with van der Waals surface area (Å²) in [6.07, 6.45) is 1.02. The fourth-order valence-electron chi connectivity index (χ4n) is 2.50. The number of nitrogens with two attached hydrogens (primary N) is 1. The van der Waals surface area contributed by atoms with Crippen LogP contribution in [0.5, 0.6) is 11.5 Å². The van der Waals surface area contributed by atoms with Crippen LogP contribution < -0.4 is 15.2 Å². The van der Waals surface area contributed by atoms with Gasteiger partial charge in [-0.05, 0) is 47.7 Å². The number of fused-ring (bicyclic) bond motifs is 1. The van der Waals surface area contributed by atoms with Gasteiger partial charge >= 0.3 is 0 Å². The van der Waals surface area contributed by atoms with E-state index in [1.54, 1.807) is 0 Å². The van der Waals surface area contributed by atoms with Gasteiger partial charge in [0.1, 0.15) is 0 Å². The van der Waals surface area contributed by atoms with E-state index in [-0.39, 0.29) is 0 Å². The highest BCUT2D eigenvalue weighted by molar-refractivity contribution is 5.67. The van der Waals surface area contributed by atoms with Crippen molar-refractivity contribution < 1.29 is 9.47 Å². The molecule has 1 atom stereocenters. The first-order valence-electron chi connectivity index (χ1n) is 6.98. The monoisotopic (exact) mass is 269 g/mol. The maximum atomic E-state index is 5.61. The Morgan fingerprint density at radius 2 is 1.70 bits per heavy atom. The fourth-order valence-corrected chi connectivity index (χ4v) is 2.50. The van der Waals surface area contributed by atoms with Crippen molar-refractivity contribution in [2.75, 3.05) is 13.3 Å². The number of hydrogen-bond acceptors (Lipinski definition) is 3. The smallest absolute Gasteiger partial charge is 0.231 e. The van der Waals surface area contributed by atoms with Gasteiger partial charge in [0.2, 0.25) is 6.79 Å². The molecule has 0 saturated carbocycles. The van der Waals surface area contributed by atoms with Crippen LogP contribution in [0.1, 0.15) is 24.8 Å². The summed E-state index contributed by atoms with van der Waals surface area (Å²) in [5, 5.41) is 0. The third kappa shape index (κ3) is 2.49. The average molecular weight is 269 g/mol. The van der Waals surface area contributed by atoms with Crippen molar-refractivity contribution in [3.8, 4) is 22.6 Å². The predicted molar refractivity (Wildman–Crippen MR) is 80.1 cm³/mol.